The fourth-order valence-electron chi connectivity index (χ4n) is 3.22. The number of hydrogen-bond acceptors (Lipinski definition) is 6. The number of likely N-dealkylation sites (tertiary alicyclic amines) is 1. The molecule has 6 nitrogen and oxygen atoms in total. The summed E-state index contributed by atoms with van der Waals surface area (Å²) in [5.74, 6) is 0.409. The number of ether oxygens (including phenoxy) is 3. The van der Waals surface area contributed by atoms with Crippen molar-refractivity contribution >= 4 is 5.78 Å². The fraction of sp³-hybridized carbons (Fsp3) is 0.562. The molecule has 0 amide bonds. The van der Waals surface area contributed by atoms with Gasteiger partial charge in [0, 0.05) is 31.2 Å². The highest BCUT2D eigenvalue weighted by Gasteiger charge is 2.38. The molecule has 2 unspecified atom stereocenters. The van der Waals surface area contributed by atoms with Gasteiger partial charge in [0.15, 0.2) is 5.78 Å². The third kappa shape index (κ3) is 2.64. The highest BCUT2D eigenvalue weighted by atomic mass is 16.5. The van der Waals surface area contributed by atoms with Crippen LogP contribution in [-0.2, 0) is 4.74 Å². The first-order valence-electron chi connectivity index (χ1n) is 7.18. The molecule has 0 bridgehead atoms. The van der Waals surface area contributed by atoms with Gasteiger partial charge in [-0.2, -0.15) is 0 Å². The van der Waals surface area contributed by atoms with E-state index >= 15 is 0 Å². The minimum atomic E-state index is -0.251. The number of phenolic OH excluding ortho intramolecular Hbond substituents is 1. The van der Waals surface area contributed by atoms with Crippen molar-refractivity contribution in [2.45, 2.75) is 25.5 Å². The van der Waals surface area contributed by atoms with Crippen molar-refractivity contribution < 1.29 is 24.1 Å². The summed E-state index contributed by atoms with van der Waals surface area (Å²) in [6.07, 6.45) is 0.635. The van der Waals surface area contributed by atoms with Gasteiger partial charge in [-0.05, 0) is 20.4 Å². The molecule has 0 spiro atoms. The third-order valence-electron chi connectivity index (χ3n) is 4.24. The highest BCUT2D eigenvalue weighted by molar-refractivity contribution is 6.00. The van der Waals surface area contributed by atoms with Crippen LogP contribution in [0.25, 0.3) is 0 Å². The molecule has 0 saturated carbocycles. The Labute approximate surface area is 130 Å². The van der Waals surface area contributed by atoms with Crippen LogP contribution in [0.1, 0.15) is 35.2 Å². The first-order valence-corrected chi connectivity index (χ1v) is 7.18. The molecule has 122 valence electrons. The summed E-state index contributed by atoms with van der Waals surface area (Å²) >= 11 is 0. The molecule has 1 saturated heterocycles. The van der Waals surface area contributed by atoms with Gasteiger partial charge >= 0.3 is 0 Å². The summed E-state index contributed by atoms with van der Waals surface area (Å²) in [7, 11) is 6.60. The normalized spacial score (nSPS) is 21.9. The lowest BCUT2D eigenvalue weighted by Gasteiger charge is -2.26. The number of benzene rings is 1. The van der Waals surface area contributed by atoms with Gasteiger partial charge in [0.25, 0.3) is 0 Å². The molecule has 0 aromatic heterocycles. The van der Waals surface area contributed by atoms with E-state index in [1.165, 1.54) is 21.1 Å². The van der Waals surface area contributed by atoms with E-state index in [0.29, 0.717) is 17.1 Å². The van der Waals surface area contributed by atoms with Gasteiger partial charge in [-0.25, -0.2) is 0 Å². The Morgan fingerprint density at radius 3 is 2.41 bits per heavy atom. The number of hydrogen-bond donors (Lipinski definition) is 1. The van der Waals surface area contributed by atoms with Crippen LogP contribution >= 0.6 is 0 Å². The number of methoxy groups -OCH3 is 3. The molecule has 6 heteroatoms. The maximum atomic E-state index is 11.9. The predicted molar refractivity (Wildman–Crippen MR) is 82.0 cm³/mol. The summed E-state index contributed by atoms with van der Waals surface area (Å²) in [5, 5.41) is 10.7. The number of carbonyl (C=O) groups excluding carboxylic acids is 1. The number of phenols is 1. The van der Waals surface area contributed by atoms with Gasteiger partial charge < -0.3 is 19.3 Å². The van der Waals surface area contributed by atoms with E-state index in [-0.39, 0.29) is 29.2 Å². The minimum absolute atomic E-state index is 0.0750. The van der Waals surface area contributed by atoms with E-state index in [1.807, 2.05) is 7.05 Å². The molecule has 0 radical (unpaired) electrons. The minimum Gasteiger partial charge on any atom is -0.507 e. The van der Waals surface area contributed by atoms with Crippen LogP contribution in [0.4, 0.5) is 0 Å². The van der Waals surface area contributed by atoms with Crippen LogP contribution < -0.4 is 9.47 Å². The van der Waals surface area contributed by atoms with Crippen molar-refractivity contribution in [1.82, 2.24) is 4.90 Å². The molecule has 1 N–H and O–H groups in total. The summed E-state index contributed by atoms with van der Waals surface area (Å²) in [6.45, 7) is 2.25. The summed E-state index contributed by atoms with van der Waals surface area (Å²) < 4.78 is 16.2. The molecule has 2 atom stereocenters. The molecular weight excluding hydrogens is 286 g/mol. The molecule has 2 rings (SSSR count). The number of rotatable bonds is 5. The van der Waals surface area contributed by atoms with Gasteiger partial charge in [-0.3, -0.25) is 9.69 Å². The Kier molecular flexibility index (Phi) is 4.93. The largest absolute Gasteiger partial charge is 0.507 e. The number of likely N-dealkylation sites (N-methyl/N-ethyl adjacent to an activating group) is 1. The van der Waals surface area contributed by atoms with Crippen molar-refractivity contribution in [2.24, 2.45) is 0 Å². The molecule has 1 aliphatic rings. The van der Waals surface area contributed by atoms with E-state index < -0.39 is 0 Å². The molecule has 1 aromatic rings. The maximum Gasteiger partial charge on any atom is 0.167 e. The molecule has 1 aromatic carbocycles. The van der Waals surface area contributed by atoms with Crippen LogP contribution in [-0.4, -0.2) is 56.9 Å². The quantitative estimate of drug-likeness (QED) is 0.839. The van der Waals surface area contributed by atoms with Gasteiger partial charge in [0.1, 0.15) is 29.0 Å². The second-order valence-corrected chi connectivity index (χ2v) is 5.48. The number of ketones is 1. The SMILES string of the molecule is COc1cc(OC)c(C2CCN(C)C2OC)c(O)c1C(C)=O. The molecule has 1 aliphatic heterocycles. The van der Waals surface area contributed by atoms with Crippen LogP contribution in [0.15, 0.2) is 6.07 Å². The molecular formula is C16H23NO5. The summed E-state index contributed by atoms with van der Waals surface area (Å²) in [4.78, 5) is 14.0. The first kappa shape index (κ1) is 16.6. The smallest absolute Gasteiger partial charge is 0.167 e. The van der Waals surface area contributed by atoms with Gasteiger partial charge in [0.05, 0.1) is 14.2 Å². The van der Waals surface area contributed by atoms with Crippen molar-refractivity contribution in [3.05, 3.63) is 17.2 Å². The first-order chi connectivity index (χ1) is 10.5. The zero-order valence-corrected chi connectivity index (χ0v) is 13.7. The van der Waals surface area contributed by atoms with Gasteiger partial charge in [-0.15, -0.1) is 0 Å². The molecule has 22 heavy (non-hydrogen) atoms. The monoisotopic (exact) mass is 309 g/mol. The van der Waals surface area contributed by atoms with Gasteiger partial charge in [0.2, 0.25) is 0 Å². The Balaban J connectivity index is 2.64. The van der Waals surface area contributed by atoms with E-state index in [9.17, 15) is 9.90 Å². The average molecular weight is 309 g/mol. The maximum absolute atomic E-state index is 11.9. The molecule has 1 fully saturated rings. The lowest BCUT2D eigenvalue weighted by atomic mass is 9.91. The van der Waals surface area contributed by atoms with Crippen molar-refractivity contribution in [3.63, 3.8) is 0 Å². The summed E-state index contributed by atoms with van der Waals surface area (Å²) in [6, 6.07) is 1.65. The van der Waals surface area contributed by atoms with Gasteiger partial charge in [-0.1, -0.05) is 0 Å². The second kappa shape index (κ2) is 6.54. The third-order valence-corrected chi connectivity index (χ3v) is 4.24. The van der Waals surface area contributed by atoms with Crippen molar-refractivity contribution in [2.75, 3.05) is 34.9 Å². The summed E-state index contributed by atoms with van der Waals surface area (Å²) in [5.41, 5.74) is 0.785. The average Bonchev–Trinajstić information content (AvgIpc) is 2.85. The number of aromatic hydroxyl groups is 1. The van der Waals surface area contributed by atoms with E-state index in [1.54, 1.807) is 13.2 Å². The van der Waals surface area contributed by atoms with Crippen LogP contribution in [0.3, 0.4) is 0 Å². The predicted octanol–water partition coefficient (Wildman–Crippen LogP) is 2.00. The Hall–Kier alpha value is -1.79. The lowest BCUT2D eigenvalue weighted by molar-refractivity contribution is -0.000983. The Morgan fingerprint density at radius 2 is 1.91 bits per heavy atom. The topological polar surface area (TPSA) is 68.2 Å². The number of nitrogens with zero attached hydrogens (tertiary/aromatic N) is 1. The number of Topliss-reactive ketones (excluding diaryl/α,β-unsaturated/α-hetero) is 1. The number of carbonyl (C=O) groups is 1. The highest BCUT2D eigenvalue weighted by Crippen LogP contribution is 2.47. The van der Waals surface area contributed by atoms with E-state index in [0.717, 1.165) is 13.0 Å². The van der Waals surface area contributed by atoms with Crippen LogP contribution in [0, 0.1) is 0 Å². The van der Waals surface area contributed by atoms with E-state index in [4.69, 9.17) is 14.2 Å². The zero-order valence-electron chi connectivity index (χ0n) is 13.7. The Bertz CT molecular complexity index is 572. The Morgan fingerprint density at radius 1 is 1.27 bits per heavy atom. The lowest BCUT2D eigenvalue weighted by Crippen LogP contribution is -2.30. The molecule has 1 heterocycles. The standard InChI is InChI=1S/C16H23NO5/c1-9(18)13-11(20-3)8-12(21-4)14(15(13)19)10-6-7-17(2)16(10)22-5/h8,10,16,19H,6-7H2,1-5H3. The second-order valence-electron chi connectivity index (χ2n) is 5.48. The van der Waals surface area contributed by atoms with Crippen LogP contribution in [0.5, 0.6) is 17.2 Å². The van der Waals surface area contributed by atoms with E-state index in [2.05, 4.69) is 4.90 Å². The van der Waals surface area contributed by atoms with Crippen molar-refractivity contribution in [3.8, 4) is 17.2 Å². The molecule has 0 aliphatic carbocycles. The van der Waals surface area contributed by atoms with Crippen LogP contribution in [0.2, 0.25) is 0 Å². The van der Waals surface area contributed by atoms with Crippen molar-refractivity contribution in [1.29, 1.82) is 0 Å². The fourth-order valence-corrected chi connectivity index (χ4v) is 3.22. The zero-order chi connectivity index (χ0) is 16.4.